The van der Waals surface area contributed by atoms with Gasteiger partial charge in [0.2, 0.25) is 0 Å². The monoisotopic (exact) mass is 535 g/mol. The van der Waals surface area contributed by atoms with E-state index in [0.717, 1.165) is 45.1 Å². The normalized spacial score (nSPS) is 14.5. The number of fused-ring (bicyclic) bond motifs is 1. The van der Waals surface area contributed by atoms with Crippen LogP contribution < -0.4 is 5.32 Å². The number of amides is 1. The second-order valence-corrected chi connectivity index (χ2v) is 7.41. The van der Waals surface area contributed by atoms with Crippen molar-refractivity contribution in [3.63, 3.8) is 0 Å². The number of halogens is 1. The number of nitrogens with zero attached hydrogens (tertiary/aromatic N) is 4. The minimum atomic E-state index is -0.0412. The number of piperazine rings is 1. The van der Waals surface area contributed by atoms with Gasteiger partial charge in [-0.3, -0.25) is 9.79 Å². The largest absolute Gasteiger partial charge is 0.459 e. The lowest BCUT2D eigenvalue weighted by Crippen LogP contribution is -2.53. The molecule has 1 aliphatic rings. The lowest BCUT2D eigenvalue weighted by Gasteiger charge is -2.36. The number of aromatic nitrogens is 1. The summed E-state index contributed by atoms with van der Waals surface area (Å²) in [6.07, 6.45) is 4.66. The highest BCUT2D eigenvalue weighted by atomic mass is 127. The van der Waals surface area contributed by atoms with Gasteiger partial charge in [0.05, 0.1) is 6.26 Å². The van der Waals surface area contributed by atoms with Crippen molar-refractivity contribution >= 4 is 46.7 Å². The fourth-order valence-electron chi connectivity index (χ4n) is 3.86. The third-order valence-corrected chi connectivity index (χ3v) is 5.43. The summed E-state index contributed by atoms with van der Waals surface area (Å²) in [4.78, 5) is 21.4. The highest BCUT2D eigenvalue weighted by Gasteiger charge is 2.25. The van der Waals surface area contributed by atoms with Crippen molar-refractivity contribution in [3.8, 4) is 0 Å². The molecule has 0 saturated carbocycles. The number of nitrogens with one attached hydrogen (secondary N) is 1. The summed E-state index contributed by atoms with van der Waals surface area (Å²) in [7, 11) is 0. The van der Waals surface area contributed by atoms with Crippen molar-refractivity contribution in [2.24, 2.45) is 4.99 Å². The highest BCUT2D eigenvalue weighted by molar-refractivity contribution is 14.0. The number of benzene rings is 1. The Hall–Kier alpha value is -2.49. The molecule has 0 aliphatic carbocycles. The maximum Gasteiger partial charge on any atom is 0.289 e. The number of carbonyl (C=O) groups excluding carboxylic acids is 1. The number of hydrogen-bond acceptors (Lipinski definition) is 3. The first-order chi connectivity index (χ1) is 14.8. The van der Waals surface area contributed by atoms with E-state index in [4.69, 9.17) is 9.41 Å². The van der Waals surface area contributed by atoms with Gasteiger partial charge in [-0.25, -0.2) is 0 Å². The quantitative estimate of drug-likeness (QED) is 0.227. The Balaban J connectivity index is 0.00000272. The van der Waals surface area contributed by atoms with Crippen molar-refractivity contribution < 1.29 is 9.21 Å². The first kappa shape index (κ1) is 23.2. The third kappa shape index (κ3) is 5.61. The number of para-hydroxylation sites is 1. The molecule has 1 N–H and O–H groups in total. The molecule has 1 aliphatic heterocycles. The van der Waals surface area contributed by atoms with E-state index >= 15 is 0 Å². The SMILES string of the molecule is CCNC(=NCCCn1ccc2ccccc21)N1CCN(C(=O)c2ccco2)CC1.I. The molecule has 1 aromatic carbocycles. The summed E-state index contributed by atoms with van der Waals surface area (Å²) in [5.74, 6) is 1.29. The summed E-state index contributed by atoms with van der Waals surface area (Å²) < 4.78 is 7.53. The van der Waals surface area contributed by atoms with E-state index < -0.39 is 0 Å². The molecule has 4 rings (SSSR count). The van der Waals surface area contributed by atoms with Gasteiger partial charge < -0.3 is 24.1 Å². The van der Waals surface area contributed by atoms with Gasteiger partial charge in [-0.05, 0) is 43.0 Å². The Morgan fingerprint density at radius 3 is 2.58 bits per heavy atom. The number of rotatable bonds is 6. The molecule has 1 amide bonds. The molecule has 0 atom stereocenters. The molecule has 1 fully saturated rings. The topological polar surface area (TPSA) is 66.0 Å². The Bertz CT molecular complexity index is 990. The van der Waals surface area contributed by atoms with Crippen LogP contribution in [0.15, 0.2) is 64.3 Å². The summed E-state index contributed by atoms with van der Waals surface area (Å²) in [6, 6.07) is 14.1. The molecule has 2 aromatic heterocycles. The van der Waals surface area contributed by atoms with Crippen molar-refractivity contribution in [3.05, 3.63) is 60.7 Å². The van der Waals surface area contributed by atoms with Crippen LogP contribution in [-0.4, -0.2) is 65.5 Å². The molecule has 3 aromatic rings. The zero-order chi connectivity index (χ0) is 20.8. The summed E-state index contributed by atoms with van der Waals surface area (Å²) in [5, 5.41) is 4.67. The molecule has 0 bridgehead atoms. The molecule has 166 valence electrons. The molecule has 7 nitrogen and oxygen atoms in total. The van der Waals surface area contributed by atoms with Crippen molar-refractivity contribution in [1.29, 1.82) is 0 Å². The molecule has 0 spiro atoms. The minimum absolute atomic E-state index is 0. The Labute approximate surface area is 200 Å². The Morgan fingerprint density at radius 1 is 1.06 bits per heavy atom. The van der Waals surface area contributed by atoms with E-state index in [1.165, 1.54) is 17.2 Å². The van der Waals surface area contributed by atoms with Gasteiger partial charge in [-0.2, -0.15) is 0 Å². The van der Waals surface area contributed by atoms with E-state index in [2.05, 4.69) is 58.2 Å². The van der Waals surface area contributed by atoms with Gasteiger partial charge in [-0.1, -0.05) is 18.2 Å². The third-order valence-electron chi connectivity index (χ3n) is 5.43. The number of aliphatic imine (C=N–C) groups is 1. The van der Waals surface area contributed by atoms with E-state index in [1.54, 1.807) is 12.1 Å². The lowest BCUT2D eigenvalue weighted by molar-refractivity contribution is 0.0657. The molecular formula is C23H30IN5O2. The van der Waals surface area contributed by atoms with Crippen LogP contribution in [-0.2, 0) is 6.54 Å². The van der Waals surface area contributed by atoms with Crippen LogP contribution in [0.1, 0.15) is 23.9 Å². The molecule has 0 unspecified atom stereocenters. The van der Waals surface area contributed by atoms with E-state index in [1.807, 2.05) is 4.90 Å². The van der Waals surface area contributed by atoms with Gasteiger partial charge in [0.1, 0.15) is 0 Å². The fraction of sp³-hybridized carbons (Fsp3) is 0.391. The number of guanidine groups is 1. The van der Waals surface area contributed by atoms with Crippen LogP contribution >= 0.6 is 24.0 Å². The predicted molar refractivity (Wildman–Crippen MR) is 134 cm³/mol. The van der Waals surface area contributed by atoms with E-state index in [9.17, 15) is 4.79 Å². The average molecular weight is 535 g/mol. The summed E-state index contributed by atoms with van der Waals surface area (Å²) >= 11 is 0. The highest BCUT2D eigenvalue weighted by Crippen LogP contribution is 2.15. The second kappa shape index (κ2) is 11.2. The van der Waals surface area contributed by atoms with Gasteiger partial charge in [-0.15, -0.1) is 24.0 Å². The second-order valence-electron chi connectivity index (χ2n) is 7.41. The van der Waals surface area contributed by atoms with Crippen LogP contribution in [0.3, 0.4) is 0 Å². The fourth-order valence-corrected chi connectivity index (χ4v) is 3.86. The molecule has 31 heavy (non-hydrogen) atoms. The van der Waals surface area contributed by atoms with Crippen LogP contribution in [0, 0.1) is 0 Å². The minimum Gasteiger partial charge on any atom is -0.459 e. The zero-order valence-electron chi connectivity index (χ0n) is 17.9. The number of furan rings is 1. The first-order valence-electron chi connectivity index (χ1n) is 10.7. The molecular weight excluding hydrogens is 505 g/mol. The van der Waals surface area contributed by atoms with Crippen molar-refractivity contribution in [2.45, 2.75) is 19.9 Å². The first-order valence-corrected chi connectivity index (χ1v) is 10.7. The van der Waals surface area contributed by atoms with E-state index in [0.29, 0.717) is 18.8 Å². The van der Waals surface area contributed by atoms with Gasteiger partial charge in [0.25, 0.3) is 5.91 Å². The van der Waals surface area contributed by atoms with Gasteiger partial charge >= 0.3 is 0 Å². The van der Waals surface area contributed by atoms with Gasteiger partial charge in [0, 0.05) is 57.5 Å². The molecule has 3 heterocycles. The number of carbonyl (C=O) groups is 1. The maximum atomic E-state index is 12.4. The van der Waals surface area contributed by atoms with E-state index in [-0.39, 0.29) is 29.9 Å². The van der Waals surface area contributed by atoms with Crippen molar-refractivity contribution in [2.75, 3.05) is 39.3 Å². The van der Waals surface area contributed by atoms with Crippen LogP contribution in [0.5, 0.6) is 0 Å². The number of hydrogen-bond donors (Lipinski definition) is 1. The Kier molecular flexibility index (Phi) is 8.39. The van der Waals surface area contributed by atoms with Crippen LogP contribution in [0.25, 0.3) is 10.9 Å². The maximum absolute atomic E-state index is 12.4. The summed E-state index contributed by atoms with van der Waals surface area (Å²) in [5.41, 5.74) is 1.27. The Morgan fingerprint density at radius 2 is 1.84 bits per heavy atom. The van der Waals surface area contributed by atoms with Crippen molar-refractivity contribution in [1.82, 2.24) is 19.7 Å². The zero-order valence-corrected chi connectivity index (χ0v) is 20.2. The molecule has 8 heteroatoms. The summed E-state index contributed by atoms with van der Waals surface area (Å²) in [6.45, 7) is 7.48. The average Bonchev–Trinajstić information content (AvgIpc) is 3.46. The van der Waals surface area contributed by atoms with Crippen LogP contribution in [0.4, 0.5) is 0 Å². The lowest BCUT2D eigenvalue weighted by atomic mass is 10.2. The van der Waals surface area contributed by atoms with Gasteiger partial charge in [0.15, 0.2) is 11.7 Å². The smallest absolute Gasteiger partial charge is 0.289 e. The van der Waals surface area contributed by atoms with Crippen LogP contribution in [0.2, 0.25) is 0 Å². The standard InChI is InChI=1S/C23H29N5O2.HI/c1-2-24-23(25-11-6-12-26-13-10-19-7-3-4-8-20(19)26)28-16-14-27(15-17-28)22(29)21-9-5-18-30-21;/h3-5,7-10,13,18H,2,6,11-12,14-17H2,1H3,(H,24,25);1H. The number of aryl methyl sites for hydroxylation is 1. The molecule has 0 radical (unpaired) electrons. The molecule has 1 saturated heterocycles. The predicted octanol–water partition coefficient (Wildman–Crippen LogP) is 3.67.